The van der Waals surface area contributed by atoms with Crippen LogP contribution in [-0.4, -0.2) is 12.5 Å². The van der Waals surface area contributed by atoms with Gasteiger partial charge in [-0.25, -0.2) is 0 Å². The normalized spacial score (nSPS) is 11.3. The van der Waals surface area contributed by atoms with Gasteiger partial charge >= 0.3 is 6.18 Å². The molecule has 2 rings (SSSR count). The molecule has 0 aliphatic carbocycles. The van der Waals surface area contributed by atoms with Crippen LogP contribution < -0.4 is 10.6 Å². The molecule has 0 aromatic heterocycles. The van der Waals surface area contributed by atoms with Crippen LogP contribution in [0.5, 0.6) is 0 Å². The number of hydrogen-bond acceptors (Lipinski definition) is 2. The minimum atomic E-state index is -4.38. The van der Waals surface area contributed by atoms with Gasteiger partial charge in [0.2, 0.25) is 5.91 Å². The molecule has 24 heavy (non-hydrogen) atoms. The average Bonchev–Trinajstić information content (AvgIpc) is 2.53. The second-order valence-electron chi connectivity index (χ2n) is 5.14. The van der Waals surface area contributed by atoms with E-state index in [-0.39, 0.29) is 12.3 Å². The molecule has 0 spiro atoms. The average molecular weight is 357 g/mol. The molecule has 0 bridgehead atoms. The fourth-order valence-electron chi connectivity index (χ4n) is 2.03. The molecule has 7 heteroatoms. The van der Waals surface area contributed by atoms with Crippen molar-refractivity contribution >= 4 is 23.2 Å². The minimum Gasteiger partial charge on any atom is -0.326 e. The molecular formula is C17H16ClF3N2O. The first-order valence-corrected chi connectivity index (χ1v) is 7.65. The van der Waals surface area contributed by atoms with E-state index in [1.54, 1.807) is 6.07 Å². The molecular weight excluding hydrogens is 341 g/mol. The molecule has 3 nitrogen and oxygen atoms in total. The minimum absolute atomic E-state index is 0.200. The van der Waals surface area contributed by atoms with Gasteiger partial charge in [0.1, 0.15) is 0 Å². The lowest BCUT2D eigenvalue weighted by molar-refractivity contribution is -0.137. The fourth-order valence-corrected chi connectivity index (χ4v) is 2.24. The predicted molar refractivity (Wildman–Crippen MR) is 87.8 cm³/mol. The monoisotopic (exact) mass is 356 g/mol. The van der Waals surface area contributed by atoms with Crippen molar-refractivity contribution in [3.63, 3.8) is 0 Å². The van der Waals surface area contributed by atoms with Gasteiger partial charge in [0.25, 0.3) is 0 Å². The summed E-state index contributed by atoms with van der Waals surface area (Å²) in [6, 6.07) is 11.7. The van der Waals surface area contributed by atoms with Crippen LogP contribution >= 0.6 is 11.6 Å². The van der Waals surface area contributed by atoms with E-state index < -0.39 is 11.7 Å². The van der Waals surface area contributed by atoms with Gasteiger partial charge in [-0.2, -0.15) is 13.2 Å². The Labute approximate surface area is 142 Å². The first kappa shape index (κ1) is 18.3. The molecule has 0 aliphatic rings. The fraction of sp³-hybridized carbons (Fsp3) is 0.235. The van der Waals surface area contributed by atoms with Gasteiger partial charge in [-0.1, -0.05) is 29.8 Å². The van der Waals surface area contributed by atoms with Crippen molar-refractivity contribution in [2.45, 2.75) is 19.1 Å². The highest BCUT2D eigenvalue weighted by Crippen LogP contribution is 2.29. The quantitative estimate of drug-likeness (QED) is 0.749. The molecule has 128 valence electrons. The summed E-state index contributed by atoms with van der Waals surface area (Å²) in [5.74, 6) is -0.276. The third-order valence-electron chi connectivity index (χ3n) is 3.30. The number of carbonyl (C=O) groups excluding carboxylic acids is 1. The van der Waals surface area contributed by atoms with Crippen molar-refractivity contribution in [1.29, 1.82) is 0 Å². The SMILES string of the molecule is O=C(CCNCc1ccccc1Cl)Nc1ccc(C(F)(F)F)cc1. The lowest BCUT2D eigenvalue weighted by Crippen LogP contribution is -2.21. The smallest absolute Gasteiger partial charge is 0.326 e. The molecule has 2 aromatic rings. The van der Waals surface area contributed by atoms with E-state index in [1.807, 2.05) is 18.2 Å². The molecule has 0 unspecified atom stereocenters. The molecule has 2 N–H and O–H groups in total. The summed E-state index contributed by atoms with van der Waals surface area (Å²) in [5, 5.41) is 6.30. The number of benzene rings is 2. The maximum Gasteiger partial charge on any atom is 0.416 e. The molecule has 1 amide bonds. The Balaban J connectivity index is 1.74. The van der Waals surface area contributed by atoms with Crippen LogP contribution in [0.1, 0.15) is 17.5 Å². The summed E-state index contributed by atoms with van der Waals surface area (Å²) in [6.07, 6.45) is -4.18. The predicted octanol–water partition coefficient (Wildman–Crippen LogP) is 4.48. The summed E-state index contributed by atoms with van der Waals surface area (Å²) in [7, 11) is 0. The first-order chi connectivity index (χ1) is 11.4. The summed E-state index contributed by atoms with van der Waals surface area (Å²) in [5.41, 5.74) is 0.517. The first-order valence-electron chi connectivity index (χ1n) is 7.27. The molecule has 0 atom stereocenters. The van der Waals surface area contributed by atoms with Crippen molar-refractivity contribution in [2.75, 3.05) is 11.9 Å². The third-order valence-corrected chi connectivity index (χ3v) is 3.67. The largest absolute Gasteiger partial charge is 0.416 e. The van der Waals surface area contributed by atoms with Crippen molar-refractivity contribution in [1.82, 2.24) is 5.32 Å². The zero-order valence-corrected chi connectivity index (χ0v) is 13.4. The molecule has 0 aliphatic heterocycles. The summed E-state index contributed by atoms with van der Waals surface area (Å²) in [6.45, 7) is 0.963. The Morgan fingerprint density at radius 1 is 1.04 bits per heavy atom. The zero-order chi connectivity index (χ0) is 17.6. The van der Waals surface area contributed by atoms with E-state index in [9.17, 15) is 18.0 Å². The highest BCUT2D eigenvalue weighted by molar-refractivity contribution is 6.31. The van der Waals surface area contributed by atoms with Crippen LogP contribution in [0.4, 0.5) is 18.9 Å². The molecule has 2 aromatic carbocycles. The third kappa shape index (κ3) is 5.54. The zero-order valence-electron chi connectivity index (χ0n) is 12.7. The molecule has 0 radical (unpaired) electrons. The number of carbonyl (C=O) groups is 1. The van der Waals surface area contributed by atoms with Crippen LogP contribution in [0.25, 0.3) is 0 Å². The van der Waals surface area contributed by atoms with Crippen molar-refractivity contribution in [3.05, 3.63) is 64.7 Å². The number of hydrogen-bond donors (Lipinski definition) is 2. The summed E-state index contributed by atoms with van der Waals surface area (Å²) < 4.78 is 37.4. The number of rotatable bonds is 6. The Hall–Kier alpha value is -2.05. The van der Waals surface area contributed by atoms with Gasteiger partial charge < -0.3 is 10.6 Å². The molecule has 0 saturated heterocycles. The van der Waals surface area contributed by atoms with Gasteiger partial charge in [0.15, 0.2) is 0 Å². The van der Waals surface area contributed by atoms with Crippen molar-refractivity contribution in [2.24, 2.45) is 0 Å². The lowest BCUT2D eigenvalue weighted by Gasteiger charge is -2.09. The van der Waals surface area contributed by atoms with Crippen molar-refractivity contribution in [3.8, 4) is 0 Å². The van der Waals surface area contributed by atoms with Crippen LogP contribution in [0.2, 0.25) is 5.02 Å². The summed E-state index contributed by atoms with van der Waals surface area (Å²) in [4.78, 5) is 11.8. The maximum atomic E-state index is 12.5. The Morgan fingerprint density at radius 2 is 1.71 bits per heavy atom. The Morgan fingerprint density at radius 3 is 2.33 bits per heavy atom. The van der Waals surface area contributed by atoms with E-state index in [0.29, 0.717) is 23.8 Å². The van der Waals surface area contributed by atoms with E-state index in [0.717, 1.165) is 17.7 Å². The highest BCUT2D eigenvalue weighted by Gasteiger charge is 2.29. The van der Waals surface area contributed by atoms with Gasteiger partial charge in [-0.3, -0.25) is 4.79 Å². The van der Waals surface area contributed by atoms with Gasteiger partial charge in [-0.15, -0.1) is 0 Å². The van der Waals surface area contributed by atoms with Crippen LogP contribution in [0.3, 0.4) is 0 Å². The second kappa shape index (κ2) is 8.17. The molecule has 0 saturated carbocycles. The van der Waals surface area contributed by atoms with E-state index in [4.69, 9.17) is 11.6 Å². The van der Waals surface area contributed by atoms with Crippen LogP contribution in [0, 0.1) is 0 Å². The standard InChI is InChI=1S/C17H16ClF3N2O/c18-15-4-2-1-3-12(15)11-22-10-9-16(24)23-14-7-5-13(6-8-14)17(19,20)21/h1-8,22H,9-11H2,(H,23,24). The molecule has 0 fully saturated rings. The number of amides is 1. The van der Waals surface area contributed by atoms with Gasteiger partial charge in [0, 0.05) is 30.2 Å². The van der Waals surface area contributed by atoms with Gasteiger partial charge in [0.05, 0.1) is 5.56 Å². The molecule has 0 heterocycles. The Bertz CT molecular complexity index is 687. The van der Waals surface area contributed by atoms with E-state index >= 15 is 0 Å². The van der Waals surface area contributed by atoms with E-state index in [1.165, 1.54) is 12.1 Å². The second-order valence-corrected chi connectivity index (χ2v) is 5.55. The van der Waals surface area contributed by atoms with Crippen molar-refractivity contribution < 1.29 is 18.0 Å². The number of alkyl halides is 3. The maximum absolute atomic E-state index is 12.5. The number of halogens is 4. The number of anilines is 1. The highest BCUT2D eigenvalue weighted by atomic mass is 35.5. The number of nitrogens with one attached hydrogen (secondary N) is 2. The lowest BCUT2D eigenvalue weighted by atomic mass is 10.2. The topological polar surface area (TPSA) is 41.1 Å². The van der Waals surface area contributed by atoms with Crippen LogP contribution in [-0.2, 0) is 17.5 Å². The van der Waals surface area contributed by atoms with E-state index in [2.05, 4.69) is 10.6 Å². The summed E-state index contributed by atoms with van der Waals surface area (Å²) >= 11 is 6.02. The Kier molecular flexibility index (Phi) is 6.23. The van der Waals surface area contributed by atoms with Crippen LogP contribution in [0.15, 0.2) is 48.5 Å². The van der Waals surface area contributed by atoms with Gasteiger partial charge in [-0.05, 0) is 35.9 Å².